The molecule has 1 aliphatic heterocycles. The average molecular weight is 257 g/mol. The second-order valence-corrected chi connectivity index (χ2v) is 4.42. The van der Waals surface area contributed by atoms with Crippen molar-refractivity contribution in [3.8, 4) is 0 Å². The van der Waals surface area contributed by atoms with E-state index in [1.807, 2.05) is 24.3 Å². The fourth-order valence-corrected chi connectivity index (χ4v) is 2.03. The molecule has 0 amide bonds. The quantitative estimate of drug-likeness (QED) is 0.841. The summed E-state index contributed by atoms with van der Waals surface area (Å²) in [6, 6.07) is 7.79. The number of hydrogen-bond donors (Lipinski definition) is 1. The number of halogens is 1. The second kappa shape index (κ2) is 4.43. The fourth-order valence-electron chi connectivity index (χ4n) is 1.48. The van der Waals surface area contributed by atoms with E-state index in [2.05, 4.69) is 15.9 Å². The molecule has 1 N–H and O–H groups in total. The number of ether oxygens (including phenoxy) is 1. The van der Waals surface area contributed by atoms with Crippen LogP contribution in [0.4, 0.5) is 0 Å². The maximum Gasteiger partial charge on any atom is 0.0811 e. The number of aliphatic hydroxyl groups is 1. The standard InChI is InChI=1S/C11H13BrO2/c12-10-4-2-1-3-9(10)11(13)6-5-8-7-14-8/h1-4,8,11,13H,5-7H2. The van der Waals surface area contributed by atoms with Gasteiger partial charge in [0.1, 0.15) is 0 Å². The summed E-state index contributed by atoms with van der Waals surface area (Å²) in [7, 11) is 0. The largest absolute Gasteiger partial charge is 0.388 e. The van der Waals surface area contributed by atoms with Crippen LogP contribution in [0.3, 0.4) is 0 Å². The first-order valence-corrected chi connectivity index (χ1v) is 5.61. The third-order valence-corrected chi connectivity index (χ3v) is 3.15. The lowest BCUT2D eigenvalue weighted by molar-refractivity contribution is 0.159. The maximum absolute atomic E-state index is 9.89. The molecule has 1 aromatic rings. The van der Waals surface area contributed by atoms with Crippen LogP contribution in [0.1, 0.15) is 24.5 Å². The van der Waals surface area contributed by atoms with Gasteiger partial charge in [-0.3, -0.25) is 0 Å². The second-order valence-electron chi connectivity index (χ2n) is 3.57. The number of aliphatic hydroxyl groups excluding tert-OH is 1. The normalized spacial score (nSPS) is 22.0. The summed E-state index contributed by atoms with van der Waals surface area (Å²) in [5.41, 5.74) is 0.966. The first-order chi connectivity index (χ1) is 6.77. The Labute approximate surface area is 92.0 Å². The summed E-state index contributed by atoms with van der Waals surface area (Å²) in [5, 5.41) is 9.89. The molecule has 0 spiro atoms. The molecule has 2 unspecified atom stereocenters. The van der Waals surface area contributed by atoms with Gasteiger partial charge in [0.2, 0.25) is 0 Å². The Kier molecular flexibility index (Phi) is 3.21. The Morgan fingerprint density at radius 3 is 2.86 bits per heavy atom. The van der Waals surface area contributed by atoms with Gasteiger partial charge >= 0.3 is 0 Å². The smallest absolute Gasteiger partial charge is 0.0811 e. The molecule has 0 aliphatic carbocycles. The molecule has 1 aromatic carbocycles. The molecular formula is C11H13BrO2. The SMILES string of the molecule is OC(CCC1CO1)c1ccccc1Br. The van der Waals surface area contributed by atoms with Crippen molar-refractivity contribution in [2.24, 2.45) is 0 Å². The summed E-state index contributed by atoms with van der Waals surface area (Å²) in [4.78, 5) is 0. The van der Waals surface area contributed by atoms with E-state index in [9.17, 15) is 5.11 Å². The molecule has 1 aliphatic rings. The van der Waals surface area contributed by atoms with Crippen LogP contribution in [0, 0.1) is 0 Å². The van der Waals surface area contributed by atoms with E-state index in [4.69, 9.17) is 4.74 Å². The van der Waals surface area contributed by atoms with Crippen molar-refractivity contribution >= 4 is 15.9 Å². The fraction of sp³-hybridized carbons (Fsp3) is 0.455. The molecule has 1 fully saturated rings. The van der Waals surface area contributed by atoms with E-state index in [-0.39, 0.29) is 6.10 Å². The van der Waals surface area contributed by atoms with Crippen LogP contribution >= 0.6 is 15.9 Å². The van der Waals surface area contributed by atoms with Gasteiger partial charge in [0.15, 0.2) is 0 Å². The van der Waals surface area contributed by atoms with Crippen molar-refractivity contribution in [1.29, 1.82) is 0 Å². The van der Waals surface area contributed by atoms with Gasteiger partial charge in [0, 0.05) is 4.47 Å². The summed E-state index contributed by atoms with van der Waals surface area (Å²) < 4.78 is 6.08. The Hall–Kier alpha value is -0.380. The molecule has 76 valence electrons. The first kappa shape index (κ1) is 10.1. The van der Waals surface area contributed by atoms with Crippen molar-refractivity contribution < 1.29 is 9.84 Å². The van der Waals surface area contributed by atoms with Crippen molar-refractivity contribution in [1.82, 2.24) is 0 Å². The van der Waals surface area contributed by atoms with Gasteiger partial charge in [0.25, 0.3) is 0 Å². The molecule has 2 atom stereocenters. The minimum Gasteiger partial charge on any atom is -0.388 e. The highest BCUT2D eigenvalue weighted by atomic mass is 79.9. The van der Waals surface area contributed by atoms with Crippen LogP contribution in [0.25, 0.3) is 0 Å². The first-order valence-electron chi connectivity index (χ1n) is 4.81. The van der Waals surface area contributed by atoms with Crippen molar-refractivity contribution in [3.63, 3.8) is 0 Å². The molecule has 0 saturated carbocycles. The van der Waals surface area contributed by atoms with Gasteiger partial charge in [-0.25, -0.2) is 0 Å². The van der Waals surface area contributed by atoms with E-state index in [1.54, 1.807) is 0 Å². The average Bonchev–Trinajstić information content (AvgIpc) is 2.98. The Balaban J connectivity index is 1.95. The molecule has 2 rings (SSSR count). The number of benzene rings is 1. The third kappa shape index (κ3) is 2.56. The van der Waals surface area contributed by atoms with Gasteiger partial charge in [-0.15, -0.1) is 0 Å². The molecule has 0 aromatic heterocycles. The monoisotopic (exact) mass is 256 g/mol. The molecule has 3 heteroatoms. The Morgan fingerprint density at radius 2 is 2.21 bits per heavy atom. The molecule has 1 heterocycles. The van der Waals surface area contributed by atoms with Crippen molar-refractivity contribution in [3.05, 3.63) is 34.3 Å². The molecule has 14 heavy (non-hydrogen) atoms. The van der Waals surface area contributed by atoms with Crippen LogP contribution in [0.15, 0.2) is 28.7 Å². The van der Waals surface area contributed by atoms with Gasteiger partial charge in [-0.2, -0.15) is 0 Å². The Morgan fingerprint density at radius 1 is 1.50 bits per heavy atom. The molecular weight excluding hydrogens is 244 g/mol. The van der Waals surface area contributed by atoms with Gasteiger partial charge < -0.3 is 9.84 Å². The predicted octanol–water partition coefficient (Wildman–Crippen LogP) is 2.66. The number of hydrogen-bond acceptors (Lipinski definition) is 2. The van der Waals surface area contributed by atoms with E-state index in [1.165, 1.54) is 0 Å². The highest BCUT2D eigenvalue weighted by molar-refractivity contribution is 9.10. The van der Waals surface area contributed by atoms with E-state index in [0.29, 0.717) is 6.10 Å². The lowest BCUT2D eigenvalue weighted by Gasteiger charge is -2.11. The number of rotatable bonds is 4. The lowest BCUT2D eigenvalue weighted by atomic mass is 10.0. The maximum atomic E-state index is 9.89. The summed E-state index contributed by atoms with van der Waals surface area (Å²) >= 11 is 3.43. The summed E-state index contributed by atoms with van der Waals surface area (Å²) in [6.45, 7) is 0.864. The lowest BCUT2D eigenvalue weighted by Crippen LogP contribution is -2.00. The van der Waals surface area contributed by atoms with E-state index in [0.717, 1.165) is 29.5 Å². The zero-order valence-electron chi connectivity index (χ0n) is 7.82. The summed E-state index contributed by atoms with van der Waals surface area (Å²) in [5.74, 6) is 0. The zero-order chi connectivity index (χ0) is 9.97. The highest BCUT2D eigenvalue weighted by Crippen LogP contribution is 2.28. The van der Waals surface area contributed by atoms with Crippen molar-refractivity contribution in [2.75, 3.05) is 6.61 Å². The molecule has 0 radical (unpaired) electrons. The topological polar surface area (TPSA) is 32.8 Å². The van der Waals surface area contributed by atoms with Crippen LogP contribution in [-0.2, 0) is 4.74 Å². The van der Waals surface area contributed by atoms with Crippen LogP contribution < -0.4 is 0 Å². The predicted molar refractivity (Wildman–Crippen MR) is 58.1 cm³/mol. The van der Waals surface area contributed by atoms with Gasteiger partial charge in [-0.05, 0) is 24.5 Å². The highest BCUT2D eigenvalue weighted by Gasteiger charge is 2.23. The van der Waals surface area contributed by atoms with Gasteiger partial charge in [-0.1, -0.05) is 34.1 Å². The molecule has 0 bridgehead atoms. The van der Waals surface area contributed by atoms with Gasteiger partial charge in [0.05, 0.1) is 18.8 Å². The number of epoxide rings is 1. The zero-order valence-corrected chi connectivity index (χ0v) is 9.40. The Bertz CT molecular complexity index is 310. The van der Waals surface area contributed by atoms with E-state index >= 15 is 0 Å². The summed E-state index contributed by atoms with van der Waals surface area (Å²) in [6.07, 6.45) is 1.73. The van der Waals surface area contributed by atoms with Crippen LogP contribution in [0.5, 0.6) is 0 Å². The molecule has 2 nitrogen and oxygen atoms in total. The minimum absolute atomic E-state index is 0.380. The third-order valence-electron chi connectivity index (χ3n) is 2.43. The van der Waals surface area contributed by atoms with Crippen LogP contribution in [0.2, 0.25) is 0 Å². The van der Waals surface area contributed by atoms with Crippen molar-refractivity contribution in [2.45, 2.75) is 25.0 Å². The molecule has 1 saturated heterocycles. The van der Waals surface area contributed by atoms with Crippen LogP contribution in [-0.4, -0.2) is 17.8 Å². The van der Waals surface area contributed by atoms with E-state index < -0.39 is 0 Å². The minimum atomic E-state index is -0.380.